The van der Waals surface area contributed by atoms with Gasteiger partial charge >= 0.3 is 0 Å². The van der Waals surface area contributed by atoms with E-state index in [1.165, 1.54) is 12.3 Å². The summed E-state index contributed by atoms with van der Waals surface area (Å²) in [6, 6.07) is 3.49. The lowest BCUT2D eigenvalue weighted by Gasteiger charge is -2.30. The molecule has 0 aromatic carbocycles. The highest BCUT2D eigenvalue weighted by Crippen LogP contribution is 2.32. The third-order valence-electron chi connectivity index (χ3n) is 3.94. The molecule has 2 N–H and O–H groups in total. The van der Waals surface area contributed by atoms with Crippen LogP contribution < -0.4 is 10.6 Å². The van der Waals surface area contributed by atoms with Crippen LogP contribution in [-0.2, 0) is 0 Å². The Kier molecular flexibility index (Phi) is 4.15. The monoisotopic (exact) mass is 275 g/mol. The van der Waals surface area contributed by atoms with E-state index in [1.807, 2.05) is 18.0 Å². The van der Waals surface area contributed by atoms with Gasteiger partial charge in [-0.2, -0.15) is 5.26 Å². The Balaban J connectivity index is 2.32. The van der Waals surface area contributed by atoms with Gasteiger partial charge in [-0.15, -0.1) is 0 Å². The van der Waals surface area contributed by atoms with Crippen molar-refractivity contribution < 1.29 is 4.92 Å². The Morgan fingerprint density at radius 1 is 1.65 bits per heavy atom. The lowest BCUT2D eigenvalue weighted by atomic mass is 10.0. The lowest BCUT2D eigenvalue weighted by molar-refractivity contribution is -0.385. The molecule has 2 atom stereocenters. The third kappa shape index (κ3) is 2.56. The van der Waals surface area contributed by atoms with Gasteiger partial charge in [0.15, 0.2) is 0 Å². The summed E-state index contributed by atoms with van der Waals surface area (Å²) in [7, 11) is 1.87. The predicted molar refractivity (Wildman–Crippen MR) is 74.2 cm³/mol. The zero-order valence-electron chi connectivity index (χ0n) is 11.3. The Morgan fingerprint density at radius 2 is 2.40 bits per heavy atom. The van der Waals surface area contributed by atoms with Crippen molar-refractivity contribution in [1.82, 2.24) is 4.98 Å². The van der Waals surface area contributed by atoms with Gasteiger partial charge in [0.25, 0.3) is 5.69 Å². The minimum absolute atomic E-state index is 0.166. The van der Waals surface area contributed by atoms with Crippen LogP contribution >= 0.6 is 0 Å². The summed E-state index contributed by atoms with van der Waals surface area (Å²) in [5.41, 5.74) is 5.83. The Bertz CT molecular complexity index is 554. The van der Waals surface area contributed by atoms with Crippen LogP contribution in [0.2, 0.25) is 0 Å². The van der Waals surface area contributed by atoms with Gasteiger partial charge in [-0.1, -0.05) is 6.42 Å². The van der Waals surface area contributed by atoms with Gasteiger partial charge in [0.2, 0.25) is 0 Å². The summed E-state index contributed by atoms with van der Waals surface area (Å²) in [6.07, 6.45) is 4.37. The van der Waals surface area contributed by atoms with Crippen molar-refractivity contribution in [2.45, 2.75) is 25.3 Å². The minimum Gasteiger partial charge on any atom is -0.355 e. The van der Waals surface area contributed by atoms with Crippen LogP contribution in [-0.4, -0.2) is 29.5 Å². The van der Waals surface area contributed by atoms with Gasteiger partial charge in [0, 0.05) is 19.2 Å². The zero-order valence-corrected chi connectivity index (χ0v) is 11.3. The quantitative estimate of drug-likeness (QED) is 0.657. The molecule has 0 bridgehead atoms. The highest BCUT2D eigenvalue weighted by Gasteiger charge is 2.31. The van der Waals surface area contributed by atoms with Crippen molar-refractivity contribution in [3.63, 3.8) is 0 Å². The fourth-order valence-corrected chi connectivity index (χ4v) is 2.87. The summed E-state index contributed by atoms with van der Waals surface area (Å²) >= 11 is 0. The van der Waals surface area contributed by atoms with Crippen LogP contribution in [0.1, 0.15) is 24.8 Å². The maximum absolute atomic E-state index is 10.7. The number of pyridine rings is 1. The highest BCUT2D eigenvalue weighted by atomic mass is 16.6. The van der Waals surface area contributed by atoms with Gasteiger partial charge in [0.1, 0.15) is 23.6 Å². The van der Waals surface area contributed by atoms with Crippen molar-refractivity contribution in [2.75, 3.05) is 18.5 Å². The SMILES string of the molecule is CN(c1ncc([N+](=O)[O-])cc1C#N)C1CCCC1CN. The molecule has 1 heterocycles. The second kappa shape index (κ2) is 5.84. The number of aromatic nitrogens is 1. The standard InChI is InChI=1S/C13H17N5O2/c1-17(12-4-2-3-9(12)6-14)13-10(7-15)5-11(8-16-13)18(19)20/h5,8-9,12H,2-4,6,14H2,1H3. The topological polar surface area (TPSA) is 109 Å². The third-order valence-corrected chi connectivity index (χ3v) is 3.94. The normalized spacial score (nSPS) is 21.4. The van der Waals surface area contributed by atoms with Crippen LogP contribution in [0.5, 0.6) is 0 Å². The molecule has 0 spiro atoms. The van der Waals surface area contributed by atoms with Crippen molar-refractivity contribution >= 4 is 11.5 Å². The second-order valence-electron chi connectivity index (χ2n) is 5.04. The van der Waals surface area contributed by atoms with E-state index >= 15 is 0 Å². The summed E-state index contributed by atoms with van der Waals surface area (Å²) in [6.45, 7) is 0.601. The number of rotatable bonds is 4. The smallest absolute Gasteiger partial charge is 0.289 e. The summed E-state index contributed by atoms with van der Waals surface area (Å²) < 4.78 is 0. The first-order chi connectivity index (χ1) is 9.58. The molecule has 0 aliphatic heterocycles. The van der Waals surface area contributed by atoms with E-state index in [4.69, 9.17) is 5.73 Å². The molecule has 1 saturated carbocycles. The summed E-state index contributed by atoms with van der Waals surface area (Å²) in [4.78, 5) is 16.2. The Labute approximate surface area is 117 Å². The minimum atomic E-state index is -0.546. The lowest BCUT2D eigenvalue weighted by Crippen LogP contribution is -2.38. The van der Waals surface area contributed by atoms with Crippen molar-refractivity contribution in [2.24, 2.45) is 11.7 Å². The average Bonchev–Trinajstić information content (AvgIpc) is 2.94. The molecule has 1 aromatic heterocycles. The van der Waals surface area contributed by atoms with E-state index in [1.54, 1.807) is 0 Å². The van der Waals surface area contributed by atoms with Crippen LogP contribution in [0.25, 0.3) is 0 Å². The van der Waals surface area contributed by atoms with Crippen molar-refractivity contribution in [3.8, 4) is 6.07 Å². The number of nitrogens with zero attached hydrogens (tertiary/aromatic N) is 4. The van der Waals surface area contributed by atoms with Gasteiger partial charge in [0.05, 0.1) is 4.92 Å². The van der Waals surface area contributed by atoms with Crippen LogP contribution in [0.15, 0.2) is 12.3 Å². The maximum Gasteiger partial charge on any atom is 0.289 e. The highest BCUT2D eigenvalue weighted by molar-refractivity contribution is 5.57. The summed E-state index contributed by atoms with van der Waals surface area (Å²) in [5.74, 6) is 0.868. The average molecular weight is 275 g/mol. The van der Waals surface area contributed by atoms with Gasteiger partial charge in [-0.05, 0) is 25.3 Å². The number of nitriles is 1. The van der Waals surface area contributed by atoms with E-state index in [0.29, 0.717) is 18.3 Å². The number of anilines is 1. The molecule has 1 aromatic rings. The second-order valence-corrected chi connectivity index (χ2v) is 5.04. The first-order valence-electron chi connectivity index (χ1n) is 6.56. The molecular formula is C13H17N5O2. The molecule has 7 heteroatoms. The van der Waals surface area contributed by atoms with Gasteiger partial charge < -0.3 is 10.6 Å². The molecule has 0 amide bonds. The first-order valence-corrected chi connectivity index (χ1v) is 6.56. The molecular weight excluding hydrogens is 258 g/mol. The molecule has 0 radical (unpaired) electrons. The molecule has 2 rings (SSSR count). The van der Waals surface area contributed by atoms with Crippen LogP contribution in [0, 0.1) is 27.4 Å². The number of nitrogens with two attached hydrogens (primary N) is 1. The van der Waals surface area contributed by atoms with Gasteiger partial charge in [-0.3, -0.25) is 10.1 Å². The van der Waals surface area contributed by atoms with Crippen LogP contribution in [0.4, 0.5) is 11.5 Å². The largest absolute Gasteiger partial charge is 0.355 e. The van der Waals surface area contributed by atoms with Crippen LogP contribution in [0.3, 0.4) is 0 Å². The Morgan fingerprint density at radius 3 is 3.00 bits per heavy atom. The summed E-state index contributed by atoms with van der Waals surface area (Å²) in [5, 5.41) is 19.9. The molecule has 1 aliphatic carbocycles. The molecule has 1 aliphatic rings. The maximum atomic E-state index is 10.7. The number of hydrogen-bond donors (Lipinski definition) is 1. The van der Waals surface area contributed by atoms with Crippen molar-refractivity contribution in [3.05, 3.63) is 27.9 Å². The van der Waals surface area contributed by atoms with Crippen molar-refractivity contribution in [1.29, 1.82) is 5.26 Å². The van der Waals surface area contributed by atoms with E-state index in [-0.39, 0.29) is 17.3 Å². The fraction of sp³-hybridized carbons (Fsp3) is 0.538. The van der Waals surface area contributed by atoms with E-state index in [9.17, 15) is 15.4 Å². The van der Waals surface area contributed by atoms with Gasteiger partial charge in [-0.25, -0.2) is 4.98 Å². The molecule has 20 heavy (non-hydrogen) atoms. The fourth-order valence-electron chi connectivity index (χ4n) is 2.87. The molecule has 106 valence electrons. The number of nitro groups is 1. The Hall–Kier alpha value is -2.20. The predicted octanol–water partition coefficient (Wildman–Crippen LogP) is 1.43. The van der Waals surface area contributed by atoms with E-state index < -0.39 is 4.92 Å². The zero-order chi connectivity index (χ0) is 14.7. The molecule has 0 saturated heterocycles. The van der Waals surface area contributed by atoms with E-state index in [2.05, 4.69) is 4.98 Å². The first kappa shape index (κ1) is 14.2. The molecule has 7 nitrogen and oxygen atoms in total. The molecule has 1 fully saturated rings. The number of hydrogen-bond acceptors (Lipinski definition) is 6. The van der Waals surface area contributed by atoms with E-state index in [0.717, 1.165) is 19.3 Å². The molecule has 2 unspecified atom stereocenters.